The Hall–Kier alpha value is -2.76. The summed E-state index contributed by atoms with van der Waals surface area (Å²) in [4.78, 5) is 9.13. The minimum atomic E-state index is -0.275. The third kappa shape index (κ3) is 5.96. The monoisotopic (exact) mass is 545 g/mol. The molecule has 0 amide bonds. The van der Waals surface area contributed by atoms with Crippen LogP contribution in [0.4, 0.5) is 16.2 Å². The maximum atomic E-state index is 12.5. The van der Waals surface area contributed by atoms with Gasteiger partial charge in [-0.05, 0) is 99.0 Å². The van der Waals surface area contributed by atoms with Crippen LogP contribution in [-0.4, -0.2) is 47.9 Å². The zero-order valence-electron chi connectivity index (χ0n) is 23.8. The summed E-state index contributed by atoms with van der Waals surface area (Å²) in [5.41, 5.74) is 3.23. The Kier molecular flexibility index (Phi) is 8.22. The molecule has 5 aliphatic carbocycles. The lowest BCUT2D eigenvalue weighted by Crippen LogP contribution is -2.61. The van der Waals surface area contributed by atoms with E-state index in [4.69, 9.17) is 4.98 Å². The molecule has 4 bridgehead atoms. The van der Waals surface area contributed by atoms with Crippen molar-refractivity contribution in [1.82, 2.24) is 20.6 Å². The molecular weight excluding hydrogens is 501 g/mol. The van der Waals surface area contributed by atoms with E-state index in [2.05, 4.69) is 51.4 Å². The summed E-state index contributed by atoms with van der Waals surface area (Å²) in [6.07, 6.45) is 12.8. The fourth-order valence-corrected chi connectivity index (χ4v) is 8.61. The van der Waals surface area contributed by atoms with E-state index >= 15 is 0 Å². The zero-order chi connectivity index (χ0) is 27.5. The number of hydrogen-bond acceptors (Lipinski definition) is 7. The SMILES string of the molecule is Cc1ccccc1CNc1ncc(C#N)c(NC[C@]23CC4C[C@H](C2)[C@@H](N[C@H]2CC[C@@H](NCCF)CC2)[C@@H](C4)C3)n1. The first-order valence-corrected chi connectivity index (χ1v) is 15.4. The van der Waals surface area contributed by atoms with Crippen LogP contribution in [0.2, 0.25) is 0 Å². The van der Waals surface area contributed by atoms with Gasteiger partial charge in [0.15, 0.2) is 0 Å². The van der Waals surface area contributed by atoms with E-state index in [1.54, 1.807) is 6.20 Å². The molecule has 5 saturated carbocycles. The van der Waals surface area contributed by atoms with Crippen LogP contribution in [0.15, 0.2) is 30.5 Å². The van der Waals surface area contributed by atoms with E-state index in [1.165, 1.54) is 56.1 Å². The highest BCUT2D eigenvalue weighted by atomic mass is 19.1. The Balaban J connectivity index is 1.06. The van der Waals surface area contributed by atoms with Crippen molar-refractivity contribution in [3.05, 3.63) is 47.2 Å². The van der Waals surface area contributed by atoms with Crippen LogP contribution in [0, 0.1) is 41.4 Å². The van der Waals surface area contributed by atoms with Gasteiger partial charge in [0.05, 0.1) is 6.20 Å². The van der Waals surface area contributed by atoms with Crippen molar-refractivity contribution in [2.75, 3.05) is 30.4 Å². The average Bonchev–Trinajstić information content (AvgIpc) is 2.97. The van der Waals surface area contributed by atoms with Gasteiger partial charge in [0, 0.05) is 37.8 Å². The van der Waals surface area contributed by atoms with Crippen molar-refractivity contribution in [3.63, 3.8) is 0 Å². The van der Waals surface area contributed by atoms with Gasteiger partial charge in [-0.3, -0.25) is 0 Å². The van der Waals surface area contributed by atoms with E-state index in [0.717, 1.165) is 37.1 Å². The normalized spacial score (nSPS) is 32.5. The number of benzene rings is 1. The first-order valence-electron chi connectivity index (χ1n) is 15.4. The van der Waals surface area contributed by atoms with E-state index in [9.17, 15) is 9.65 Å². The lowest BCUT2D eigenvalue weighted by atomic mass is 9.47. The van der Waals surface area contributed by atoms with Gasteiger partial charge >= 0.3 is 0 Å². The molecule has 0 radical (unpaired) electrons. The molecule has 1 heterocycles. The lowest BCUT2D eigenvalue weighted by Gasteiger charge is -2.61. The molecule has 0 saturated heterocycles. The van der Waals surface area contributed by atoms with Gasteiger partial charge in [-0.1, -0.05) is 24.3 Å². The quantitative estimate of drug-likeness (QED) is 0.303. The largest absolute Gasteiger partial charge is 0.368 e. The molecule has 0 aliphatic heterocycles. The minimum Gasteiger partial charge on any atom is -0.368 e. The molecule has 2 aromatic rings. The number of hydrogen-bond donors (Lipinski definition) is 4. The van der Waals surface area contributed by atoms with Gasteiger partial charge in [-0.25, -0.2) is 9.37 Å². The standard InChI is InChI=1S/C32H44FN7/c1-21-4-2-3-5-23(21)18-36-31-37-19-26(17-34)30(40-31)38-20-32-14-22-12-24(15-32)29(25(13-22)16-32)39-28-8-6-27(7-9-28)35-11-10-33/h2-5,19,22,24-25,27-29,35,39H,6-16,18,20H2,1H3,(H2,36,37,38,40)/t22?,24-,25+,27-,28+,29-,32-. The van der Waals surface area contributed by atoms with Gasteiger partial charge in [-0.2, -0.15) is 10.2 Å². The fourth-order valence-electron chi connectivity index (χ4n) is 8.61. The second-order valence-electron chi connectivity index (χ2n) is 13.1. The van der Waals surface area contributed by atoms with Crippen LogP contribution >= 0.6 is 0 Å². The molecule has 5 atom stereocenters. The Bertz CT molecular complexity index is 1190. The molecule has 7 nitrogen and oxygen atoms in total. The number of halogens is 1. The molecule has 4 N–H and O–H groups in total. The maximum absolute atomic E-state index is 12.5. The van der Waals surface area contributed by atoms with Crippen LogP contribution in [0.25, 0.3) is 0 Å². The maximum Gasteiger partial charge on any atom is 0.224 e. The van der Waals surface area contributed by atoms with Crippen LogP contribution in [0.5, 0.6) is 0 Å². The molecule has 5 aliphatic rings. The van der Waals surface area contributed by atoms with Gasteiger partial charge in [0.2, 0.25) is 5.95 Å². The van der Waals surface area contributed by atoms with Crippen LogP contribution in [0.3, 0.4) is 0 Å². The Morgan fingerprint density at radius 3 is 2.50 bits per heavy atom. The van der Waals surface area contributed by atoms with Gasteiger partial charge in [-0.15, -0.1) is 0 Å². The Labute approximate surface area is 238 Å². The van der Waals surface area contributed by atoms with Crippen molar-refractivity contribution in [2.45, 2.75) is 89.4 Å². The third-order valence-electron chi connectivity index (χ3n) is 10.3. The molecular formula is C32H44FN7. The predicted molar refractivity (Wildman–Crippen MR) is 157 cm³/mol. The number of aromatic nitrogens is 2. The smallest absolute Gasteiger partial charge is 0.224 e. The summed E-state index contributed by atoms with van der Waals surface area (Å²) in [5, 5.41) is 24.2. The number of alkyl halides is 1. The summed E-state index contributed by atoms with van der Waals surface area (Å²) in [5.74, 6) is 3.50. The van der Waals surface area contributed by atoms with Crippen LogP contribution in [-0.2, 0) is 6.54 Å². The second-order valence-corrected chi connectivity index (χ2v) is 13.1. The Morgan fingerprint density at radius 1 is 1.02 bits per heavy atom. The molecule has 1 unspecified atom stereocenters. The van der Waals surface area contributed by atoms with Gasteiger partial charge < -0.3 is 21.3 Å². The number of aryl methyl sites for hydroxylation is 1. The molecule has 0 spiro atoms. The molecule has 7 rings (SSSR count). The average molecular weight is 546 g/mol. The number of anilines is 2. The van der Waals surface area contributed by atoms with E-state index in [-0.39, 0.29) is 12.1 Å². The molecule has 1 aromatic heterocycles. The number of rotatable bonds is 11. The van der Waals surface area contributed by atoms with Crippen LogP contribution in [0.1, 0.15) is 74.5 Å². The van der Waals surface area contributed by atoms with E-state index in [0.29, 0.717) is 48.5 Å². The van der Waals surface area contributed by atoms with Crippen molar-refractivity contribution < 1.29 is 4.39 Å². The number of nitrogens with one attached hydrogen (secondary N) is 4. The summed E-state index contributed by atoms with van der Waals surface area (Å²) >= 11 is 0. The highest BCUT2D eigenvalue weighted by molar-refractivity contribution is 5.53. The Morgan fingerprint density at radius 2 is 1.77 bits per heavy atom. The van der Waals surface area contributed by atoms with E-state index < -0.39 is 0 Å². The molecule has 40 heavy (non-hydrogen) atoms. The van der Waals surface area contributed by atoms with Gasteiger partial charge in [0.25, 0.3) is 0 Å². The number of nitrogens with zero attached hydrogens (tertiary/aromatic N) is 3. The molecule has 214 valence electrons. The lowest BCUT2D eigenvalue weighted by molar-refractivity contribution is -0.0730. The number of nitriles is 1. The summed E-state index contributed by atoms with van der Waals surface area (Å²) in [7, 11) is 0. The molecule has 1 aromatic carbocycles. The summed E-state index contributed by atoms with van der Waals surface area (Å²) < 4.78 is 12.5. The highest BCUT2D eigenvalue weighted by Crippen LogP contribution is 2.60. The predicted octanol–water partition coefficient (Wildman–Crippen LogP) is 5.34. The first-order chi connectivity index (χ1) is 19.5. The topological polar surface area (TPSA) is 97.7 Å². The zero-order valence-corrected chi connectivity index (χ0v) is 23.8. The molecule has 8 heteroatoms. The second kappa shape index (κ2) is 12.0. The fraction of sp³-hybridized carbons (Fsp3) is 0.656. The van der Waals surface area contributed by atoms with Crippen molar-refractivity contribution in [3.8, 4) is 6.07 Å². The molecule has 5 fully saturated rings. The van der Waals surface area contributed by atoms with Crippen molar-refractivity contribution in [1.29, 1.82) is 5.26 Å². The van der Waals surface area contributed by atoms with Gasteiger partial charge in [0.1, 0.15) is 24.1 Å². The summed E-state index contributed by atoms with van der Waals surface area (Å²) in [6.45, 7) is 3.84. The van der Waals surface area contributed by atoms with Crippen LogP contribution < -0.4 is 21.3 Å². The third-order valence-corrected chi connectivity index (χ3v) is 10.3. The summed E-state index contributed by atoms with van der Waals surface area (Å²) in [6, 6.07) is 12.3. The van der Waals surface area contributed by atoms with Crippen molar-refractivity contribution in [2.24, 2.45) is 23.2 Å². The van der Waals surface area contributed by atoms with Crippen molar-refractivity contribution >= 4 is 11.8 Å². The van der Waals surface area contributed by atoms with E-state index in [1.807, 2.05) is 12.1 Å². The minimum absolute atomic E-state index is 0.275. The first kappa shape index (κ1) is 27.4. The highest BCUT2D eigenvalue weighted by Gasteiger charge is 2.55.